The van der Waals surface area contributed by atoms with Gasteiger partial charge in [0, 0.05) is 29.7 Å². The van der Waals surface area contributed by atoms with Gasteiger partial charge in [-0.25, -0.2) is 4.98 Å². The molecule has 0 unspecified atom stereocenters. The van der Waals surface area contributed by atoms with Crippen molar-refractivity contribution in [3.63, 3.8) is 0 Å². The second-order valence-corrected chi connectivity index (χ2v) is 5.84. The van der Waals surface area contributed by atoms with Gasteiger partial charge in [-0.1, -0.05) is 5.16 Å². The van der Waals surface area contributed by atoms with Crippen molar-refractivity contribution >= 4 is 5.82 Å². The van der Waals surface area contributed by atoms with Gasteiger partial charge < -0.3 is 9.84 Å². The molecule has 0 radical (unpaired) electrons. The first kappa shape index (κ1) is 18.5. The van der Waals surface area contributed by atoms with Gasteiger partial charge in [0.2, 0.25) is 5.82 Å². The summed E-state index contributed by atoms with van der Waals surface area (Å²) < 4.78 is 41.9. The van der Waals surface area contributed by atoms with Crippen LogP contribution in [0.2, 0.25) is 0 Å². The molecule has 0 amide bonds. The molecule has 4 aromatic heterocycles. The number of aromatic nitrogens is 6. The van der Waals surface area contributed by atoms with Crippen LogP contribution < -0.4 is 5.32 Å². The van der Waals surface area contributed by atoms with E-state index in [2.05, 4.69) is 39.9 Å². The molecule has 4 rings (SSSR count). The molecule has 146 valence electrons. The van der Waals surface area contributed by atoms with Gasteiger partial charge in [-0.05, 0) is 24.3 Å². The number of nitrogens with one attached hydrogen (secondary N) is 1. The van der Waals surface area contributed by atoms with Crippen LogP contribution in [0.15, 0.2) is 59.8 Å². The minimum atomic E-state index is -4.69. The number of hydrogen-bond acceptors (Lipinski definition) is 8. The third kappa shape index (κ3) is 4.34. The van der Waals surface area contributed by atoms with Crippen molar-refractivity contribution in [2.75, 3.05) is 5.32 Å². The van der Waals surface area contributed by atoms with Gasteiger partial charge in [0.15, 0.2) is 0 Å². The monoisotopic (exact) mass is 399 g/mol. The van der Waals surface area contributed by atoms with Gasteiger partial charge in [-0.15, -0.1) is 0 Å². The zero-order valence-corrected chi connectivity index (χ0v) is 14.6. The predicted octanol–water partition coefficient (Wildman–Crippen LogP) is 3.61. The van der Waals surface area contributed by atoms with E-state index in [4.69, 9.17) is 0 Å². The lowest BCUT2D eigenvalue weighted by atomic mass is 10.2. The molecule has 11 heteroatoms. The SMILES string of the molecule is FC(F)(F)c1nc(-c2ccc(CNc3cncc(-c4cccnc4)n3)nc2)no1. The van der Waals surface area contributed by atoms with Crippen molar-refractivity contribution < 1.29 is 17.7 Å². The van der Waals surface area contributed by atoms with Gasteiger partial charge in [0.25, 0.3) is 0 Å². The van der Waals surface area contributed by atoms with Crippen LogP contribution in [0.25, 0.3) is 22.6 Å². The molecule has 0 saturated heterocycles. The van der Waals surface area contributed by atoms with Crippen LogP contribution in [-0.4, -0.2) is 30.1 Å². The molecule has 0 bridgehead atoms. The third-order valence-corrected chi connectivity index (χ3v) is 3.79. The van der Waals surface area contributed by atoms with Crippen LogP contribution in [0.1, 0.15) is 11.6 Å². The highest BCUT2D eigenvalue weighted by atomic mass is 19.4. The smallest absolute Gasteiger partial charge is 0.363 e. The number of pyridine rings is 2. The van der Waals surface area contributed by atoms with Crippen LogP contribution >= 0.6 is 0 Å². The number of anilines is 1. The summed E-state index contributed by atoms with van der Waals surface area (Å²) in [6, 6.07) is 6.89. The second kappa shape index (κ2) is 7.62. The first-order valence-corrected chi connectivity index (χ1v) is 8.31. The summed E-state index contributed by atoms with van der Waals surface area (Å²) in [6.07, 6.45) is 3.26. The van der Waals surface area contributed by atoms with Gasteiger partial charge in [-0.3, -0.25) is 15.0 Å². The Morgan fingerprint density at radius 3 is 2.52 bits per heavy atom. The van der Waals surface area contributed by atoms with E-state index >= 15 is 0 Å². The first-order chi connectivity index (χ1) is 14.0. The van der Waals surface area contributed by atoms with Crippen LogP contribution in [0.4, 0.5) is 19.0 Å². The Morgan fingerprint density at radius 1 is 0.931 bits per heavy atom. The van der Waals surface area contributed by atoms with Crippen LogP contribution in [0, 0.1) is 0 Å². The molecule has 0 aliphatic heterocycles. The minimum Gasteiger partial charge on any atom is -0.363 e. The summed E-state index contributed by atoms with van der Waals surface area (Å²) >= 11 is 0. The van der Waals surface area contributed by atoms with E-state index in [1.165, 1.54) is 6.20 Å². The van der Waals surface area contributed by atoms with Crippen molar-refractivity contribution in [2.45, 2.75) is 12.7 Å². The first-order valence-electron chi connectivity index (χ1n) is 8.31. The molecule has 29 heavy (non-hydrogen) atoms. The molecule has 0 spiro atoms. The van der Waals surface area contributed by atoms with Crippen molar-refractivity contribution in [1.29, 1.82) is 0 Å². The highest BCUT2D eigenvalue weighted by molar-refractivity contribution is 5.58. The minimum absolute atomic E-state index is 0.181. The maximum atomic E-state index is 12.5. The lowest BCUT2D eigenvalue weighted by molar-refractivity contribution is -0.159. The predicted molar refractivity (Wildman–Crippen MR) is 95.1 cm³/mol. The highest BCUT2D eigenvalue weighted by Gasteiger charge is 2.38. The lowest BCUT2D eigenvalue weighted by Crippen LogP contribution is -2.05. The number of nitrogens with zero attached hydrogens (tertiary/aromatic N) is 6. The van der Waals surface area contributed by atoms with E-state index in [-0.39, 0.29) is 5.82 Å². The summed E-state index contributed by atoms with van der Waals surface area (Å²) in [7, 11) is 0. The molecular formula is C18H12F3N7O. The fourth-order valence-corrected chi connectivity index (χ4v) is 2.40. The van der Waals surface area contributed by atoms with Crippen molar-refractivity contribution in [3.8, 4) is 22.6 Å². The van der Waals surface area contributed by atoms with Gasteiger partial charge in [0.1, 0.15) is 5.82 Å². The molecular weight excluding hydrogens is 387 g/mol. The lowest BCUT2D eigenvalue weighted by Gasteiger charge is -2.07. The maximum Gasteiger partial charge on any atom is 0.471 e. The topological polar surface area (TPSA) is 103 Å². The molecule has 8 nitrogen and oxygen atoms in total. The van der Waals surface area contributed by atoms with E-state index in [0.29, 0.717) is 29.3 Å². The summed E-state index contributed by atoms with van der Waals surface area (Å²) in [5.74, 6) is -1.03. The summed E-state index contributed by atoms with van der Waals surface area (Å²) in [6.45, 7) is 0.339. The fourth-order valence-electron chi connectivity index (χ4n) is 2.40. The van der Waals surface area contributed by atoms with Crippen molar-refractivity contribution in [1.82, 2.24) is 30.1 Å². The van der Waals surface area contributed by atoms with Crippen LogP contribution in [0.3, 0.4) is 0 Å². The van der Waals surface area contributed by atoms with Gasteiger partial charge in [-0.2, -0.15) is 18.2 Å². The third-order valence-electron chi connectivity index (χ3n) is 3.79. The maximum absolute atomic E-state index is 12.5. The Hall–Kier alpha value is -3.89. The number of alkyl halides is 3. The Labute approximate surface area is 161 Å². The average Bonchev–Trinajstić information content (AvgIpc) is 3.24. The molecule has 4 aromatic rings. The fraction of sp³-hybridized carbons (Fsp3) is 0.111. The van der Waals surface area contributed by atoms with Crippen molar-refractivity contribution in [3.05, 3.63) is 66.8 Å². The quantitative estimate of drug-likeness (QED) is 0.543. The zero-order valence-electron chi connectivity index (χ0n) is 14.6. The second-order valence-electron chi connectivity index (χ2n) is 5.84. The van der Waals surface area contributed by atoms with E-state index in [9.17, 15) is 13.2 Å². The molecule has 4 heterocycles. The molecule has 0 aliphatic rings. The van der Waals surface area contributed by atoms with Gasteiger partial charge in [0.05, 0.1) is 30.3 Å². The number of rotatable bonds is 5. The summed E-state index contributed by atoms with van der Waals surface area (Å²) in [5.41, 5.74) is 2.46. The van der Waals surface area contributed by atoms with Gasteiger partial charge >= 0.3 is 12.1 Å². The van der Waals surface area contributed by atoms with Crippen LogP contribution in [0.5, 0.6) is 0 Å². The molecule has 0 saturated carbocycles. The molecule has 0 fully saturated rings. The van der Waals surface area contributed by atoms with E-state index in [1.807, 2.05) is 12.1 Å². The van der Waals surface area contributed by atoms with Crippen LogP contribution in [-0.2, 0) is 12.7 Å². The highest BCUT2D eigenvalue weighted by Crippen LogP contribution is 2.29. The Morgan fingerprint density at radius 2 is 1.83 bits per heavy atom. The standard InChI is InChI=1S/C18H12F3N7O/c19-18(20,21)17-27-16(28-29-17)12-3-4-13(24-7-12)8-25-15-10-23-9-14(26-15)11-2-1-5-22-6-11/h1-7,9-10H,8H2,(H,25,26). The summed E-state index contributed by atoms with van der Waals surface area (Å²) in [5, 5.41) is 6.43. The van der Waals surface area contributed by atoms with E-state index < -0.39 is 12.1 Å². The van der Waals surface area contributed by atoms with Crippen molar-refractivity contribution in [2.24, 2.45) is 0 Å². The summed E-state index contributed by atoms with van der Waals surface area (Å²) in [4.78, 5) is 20.2. The largest absolute Gasteiger partial charge is 0.471 e. The molecule has 0 aromatic carbocycles. The normalized spacial score (nSPS) is 11.4. The van der Waals surface area contributed by atoms with E-state index in [1.54, 1.807) is 36.9 Å². The molecule has 0 aliphatic carbocycles. The average molecular weight is 399 g/mol. The number of hydrogen-bond donors (Lipinski definition) is 1. The number of halogens is 3. The zero-order chi connectivity index (χ0) is 20.3. The Kier molecular flexibility index (Phi) is 4.85. The molecule has 1 N–H and O–H groups in total. The molecule has 0 atom stereocenters. The van der Waals surface area contributed by atoms with E-state index in [0.717, 1.165) is 5.56 Å². The Balaban J connectivity index is 1.43. The Bertz CT molecular complexity index is 1100.